The van der Waals surface area contributed by atoms with Crippen molar-refractivity contribution in [2.24, 2.45) is 0 Å². The van der Waals surface area contributed by atoms with Gasteiger partial charge in [-0.2, -0.15) is 0 Å². The lowest BCUT2D eigenvalue weighted by molar-refractivity contribution is 0.588. The fourth-order valence-corrected chi connectivity index (χ4v) is 1.57. The molecule has 1 aromatic heterocycles. The van der Waals surface area contributed by atoms with Gasteiger partial charge in [-0.25, -0.2) is 4.98 Å². The third-order valence-electron chi connectivity index (χ3n) is 2.58. The van der Waals surface area contributed by atoms with E-state index in [1.165, 1.54) is 5.56 Å². The van der Waals surface area contributed by atoms with E-state index >= 15 is 0 Å². The van der Waals surface area contributed by atoms with Gasteiger partial charge in [-0.3, -0.25) is 0 Å². The normalized spacial score (nSPS) is 10.6. The van der Waals surface area contributed by atoms with E-state index < -0.39 is 0 Å². The Labute approximate surface area is 105 Å². The molecule has 0 fully saturated rings. The summed E-state index contributed by atoms with van der Waals surface area (Å²) in [6.07, 6.45) is 3.84. The average molecular weight is 233 g/mol. The number of rotatable bonds is 7. The molecule has 0 aliphatic rings. The van der Waals surface area contributed by atoms with Crippen molar-refractivity contribution in [2.45, 2.75) is 33.4 Å². The van der Waals surface area contributed by atoms with Crippen LogP contribution < -0.4 is 10.2 Å². The predicted octanol–water partition coefficient (Wildman–Crippen LogP) is 2.59. The largest absolute Gasteiger partial charge is 0.353 e. The first-order valence-electron chi connectivity index (χ1n) is 6.21. The van der Waals surface area contributed by atoms with Gasteiger partial charge in [-0.1, -0.05) is 26.0 Å². The van der Waals surface area contributed by atoms with E-state index in [2.05, 4.69) is 54.7 Å². The topological polar surface area (TPSA) is 28.2 Å². The van der Waals surface area contributed by atoms with Gasteiger partial charge in [0.2, 0.25) is 0 Å². The summed E-state index contributed by atoms with van der Waals surface area (Å²) in [5, 5.41) is 3.38. The summed E-state index contributed by atoms with van der Waals surface area (Å²) >= 11 is 0. The smallest absolute Gasteiger partial charge is 0.128 e. The van der Waals surface area contributed by atoms with Crippen LogP contribution in [0.5, 0.6) is 0 Å². The van der Waals surface area contributed by atoms with Crippen LogP contribution in [0.1, 0.15) is 26.3 Å². The lowest BCUT2D eigenvalue weighted by atomic mass is 10.2. The zero-order chi connectivity index (χ0) is 12.7. The highest BCUT2D eigenvalue weighted by atomic mass is 15.2. The highest BCUT2D eigenvalue weighted by molar-refractivity contribution is 5.39. The summed E-state index contributed by atoms with van der Waals surface area (Å²) in [5.74, 6) is 1.01. The Morgan fingerprint density at radius 2 is 2.24 bits per heavy atom. The average Bonchev–Trinajstić information content (AvgIpc) is 2.34. The van der Waals surface area contributed by atoms with Crippen LogP contribution in [0.3, 0.4) is 0 Å². The van der Waals surface area contributed by atoms with Crippen LogP contribution in [0.2, 0.25) is 0 Å². The molecule has 1 heterocycles. The Bertz CT molecular complexity index is 330. The van der Waals surface area contributed by atoms with Crippen LogP contribution in [0.25, 0.3) is 0 Å². The van der Waals surface area contributed by atoms with Crippen LogP contribution in [0.15, 0.2) is 31.0 Å². The minimum absolute atomic E-state index is 0.502. The summed E-state index contributed by atoms with van der Waals surface area (Å²) in [4.78, 5) is 6.67. The molecule has 0 saturated heterocycles. The van der Waals surface area contributed by atoms with Gasteiger partial charge in [0.05, 0.1) is 0 Å². The second kappa shape index (κ2) is 7.07. The maximum absolute atomic E-state index is 4.48. The van der Waals surface area contributed by atoms with Crippen LogP contribution in [0.4, 0.5) is 5.82 Å². The Kier molecular flexibility index (Phi) is 5.70. The minimum atomic E-state index is 0.502. The van der Waals surface area contributed by atoms with Gasteiger partial charge in [0, 0.05) is 31.9 Å². The third-order valence-corrected chi connectivity index (χ3v) is 2.58. The standard InChI is InChI=1S/C14H23N3/c1-5-9-17(6-2)14-8-7-13(11-16-14)10-15-12(3)4/h5,7-8,11-12,15H,1,6,9-10H2,2-4H3. The second-order valence-corrected chi connectivity index (χ2v) is 4.39. The summed E-state index contributed by atoms with van der Waals surface area (Å²) in [6, 6.07) is 4.70. The molecule has 0 aromatic carbocycles. The third kappa shape index (κ3) is 4.57. The van der Waals surface area contributed by atoms with Gasteiger partial charge >= 0.3 is 0 Å². The van der Waals surface area contributed by atoms with Crippen LogP contribution >= 0.6 is 0 Å². The van der Waals surface area contributed by atoms with E-state index in [4.69, 9.17) is 0 Å². The first kappa shape index (κ1) is 13.7. The van der Waals surface area contributed by atoms with Gasteiger partial charge < -0.3 is 10.2 Å². The quantitative estimate of drug-likeness (QED) is 0.734. The van der Waals surface area contributed by atoms with Crippen molar-refractivity contribution < 1.29 is 0 Å². The van der Waals surface area contributed by atoms with Crippen molar-refractivity contribution in [1.82, 2.24) is 10.3 Å². The molecular weight excluding hydrogens is 210 g/mol. The van der Waals surface area contributed by atoms with E-state index in [1.807, 2.05) is 12.3 Å². The SMILES string of the molecule is C=CCN(CC)c1ccc(CNC(C)C)cn1. The van der Waals surface area contributed by atoms with Crippen molar-refractivity contribution in [2.75, 3.05) is 18.0 Å². The number of aromatic nitrogens is 1. The van der Waals surface area contributed by atoms with E-state index in [1.54, 1.807) is 0 Å². The molecule has 0 unspecified atom stereocenters. The van der Waals surface area contributed by atoms with Gasteiger partial charge in [-0.15, -0.1) is 6.58 Å². The fourth-order valence-electron chi connectivity index (χ4n) is 1.57. The Hall–Kier alpha value is -1.35. The van der Waals surface area contributed by atoms with Gasteiger partial charge in [0.25, 0.3) is 0 Å². The Morgan fingerprint density at radius 1 is 1.47 bits per heavy atom. The molecule has 0 aliphatic carbocycles. The Morgan fingerprint density at radius 3 is 2.71 bits per heavy atom. The number of nitrogens with one attached hydrogen (secondary N) is 1. The minimum Gasteiger partial charge on any atom is -0.353 e. The first-order valence-corrected chi connectivity index (χ1v) is 6.21. The van der Waals surface area contributed by atoms with Crippen molar-refractivity contribution in [1.29, 1.82) is 0 Å². The molecule has 0 spiro atoms. The summed E-state index contributed by atoms with van der Waals surface area (Å²) in [6.45, 7) is 12.8. The predicted molar refractivity (Wildman–Crippen MR) is 74.3 cm³/mol. The zero-order valence-corrected chi connectivity index (χ0v) is 11.1. The maximum Gasteiger partial charge on any atom is 0.128 e. The number of anilines is 1. The van der Waals surface area contributed by atoms with Gasteiger partial charge in [0.1, 0.15) is 5.82 Å². The maximum atomic E-state index is 4.48. The van der Waals surface area contributed by atoms with Crippen molar-refractivity contribution in [3.8, 4) is 0 Å². The summed E-state index contributed by atoms with van der Waals surface area (Å²) in [5.41, 5.74) is 1.22. The molecule has 1 rings (SSSR count). The van der Waals surface area contributed by atoms with Gasteiger partial charge in [-0.05, 0) is 18.6 Å². The second-order valence-electron chi connectivity index (χ2n) is 4.39. The lowest BCUT2D eigenvalue weighted by Gasteiger charge is -2.20. The molecule has 0 amide bonds. The van der Waals surface area contributed by atoms with Crippen LogP contribution in [-0.2, 0) is 6.54 Å². The zero-order valence-electron chi connectivity index (χ0n) is 11.1. The molecule has 0 aliphatic heterocycles. The van der Waals surface area contributed by atoms with Crippen molar-refractivity contribution in [3.05, 3.63) is 36.5 Å². The van der Waals surface area contributed by atoms with Crippen LogP contribution in [-0.4, -0.2) is 24.1 Å². The molecule has 0 saturated carbocycles. The van der Waals surface area contributed by atoms with E-state index in [0.717, 1.165) is 25.5 Å². The molecule has 1 aromatic rings. The van der Waals surface area contributed by atoms with Crippen LogP contribution in [0, 0.1) is 0 Å². The first-order chi connectivity index (χ1) is 8.17. The molecule has 3 nitrogen and oxygen atoms in total. The molecular formula is C14H23N3. The summed E-state index contributed by atoms with van der Waals surface area (Å²) in [7, 11) is 0. The van der Waals surface area contributed by atoms with Crippen molar-refractivity contribution >= 4 is 5.82 Å². The number of nitrogens with zero attached hydrogens (tertiary/aromatic N) is 2. The molecule has 0 radical (unpaired) electrons. The molecule has 0 bridgehead atoms. The monoisotopic (exact) mass is 233 g/mol. The highest BCUT2D eigenvalue weighted by Crippen LogP contribution is 2.11. The van der Waals surface area contributed by atoms with E-state index in [0.29, 0.717) is 6.04 Å². The van der Waals surface area contributed by atoms with Gasteiger partial charge in [0.15, 0.2) is 0 Å². The number of likely N-dealkylation sites (N-methyl/N-ethyl adjacent to an activating group) is 1. The number of hydrogen-bond donors (Lipinski definition) is 1. The number of pyridine rings is 1. The van der Waals surface area contributed by atoms with Crippen molar-refractivity contribution in [3.63, 3.8) is 0 Å². The van der Waals surface area contributed by atoms with E-state index in [-0.39, 0.29) is 0 Å². The number of hydrogen-bond acceptors (Lipinski definition) is 3. The highest BCUT2D eigenvalue weighted by Gasteiger charge is 2.03. The fraction of sp³-hybridized carbons (Fsp3) is 0.500. The lowest BCUT2D eigenvalue weighted by Crippen LogP contribution is -2.24. The molecule has 1 N–H and O–H groups in total. The molecule has 94 valence electrons. The summed E-state index contributed by atoms with van der Waals surface area (Å²) < 4.78 is 0. The molecule has 3 heteroatoms. The molecule has 17 heavy (non-hydrogen) atoms. The Balaban J connectivity index is 2.62. The molecule has 0 atom stereocenters. The van der Waals surface area contributed by atoms with E-state index in [9.17, 15) is 0 Å².